The van der Waals surface area contributed by atoms with Gasteiger partial charge in [-0.3, -0.25) is 0 Å². The number of carbonyl (C=O) groups is 1. The van der Waals surface area contributed by atoms with Crippen LogP contribution in [0.2, 0.25) is 0 Å². The van der Waals surface area contributed by atoms with Crippen LogP contribution in [0.15, 0.2) is 18.2 Å². The zero-order chi connectivity index (χ0) is 12.9. The Hall–Kier alpha value is -1.89. The highest BCUT2D eigenvalue weighted by Gasteiger charge is 2.24. The van der Waals surface area contributed by atoms with Gasteiger partial charge in [-0.1, -0.05) is 0 Å². The fourth-order valence-electron chi connectivity index (χ4n) is 2.17. The van der Waals surface area contributed by atoms with Crippen molar-refractivity contribution in [3.63, 3.8) is 0 Å². The number of benzene rings is 1. The third kappa shape index (κ3) is 1.67. The SMILES string of the molecule is O=C(O)c1ccc2c(c1)nc1n2CCS(=O)(=O)C1. The Kier molecular flexibility index (Phi) is 2.21. The molecule has 0 atom stereocenters. The van der Waals surface area contributed by atoms with Crippen LogP contribution in [0.5, 0.6) is 0 Å². The zero-order valence-electron chi connectivity index (χ0n) is 9.33. The molecule has 7 heteroatoms. The number of imidazole rings is 1. The normalized spacial score (nSPS) is 17.6. The molecule has 1 aliphatic rings. The molecule has 2 heterocycles. The van der Waals surface area contributed by atoms with Crippen molar-refractivity contribution in [3.8, 4) is 0 Å². The quantitative estimate of drug-likeness (QED) is 0.819. The van der Waals surface area contributed by atoms with Crippen molar-refractivity contribution < 1.29 is 18.3 Å². The second kappa shape index (κ2) is 3.55. The molecule has 0 aliphatic carbocycles. The van der Waals surface area contributed by atoms with Gasteiger partial charge in [-0.25, -0.2) is 18.2 Å². The fourth-order valence-corrected chi connectivity index (χ4v) is 3.39. The number of hydrogen-bond donors (Lipinski definition) is 1. The number of fused-ring (bicyclic) bond motifs is 3. The van der Waals surface area contributed by atoms with Gasteiger partial charge in [-0.05, 0) is 18.2 Å². The van der Waals surface area contributed by atoms with Crippen LogP contribution in [-0.4, -0.2) is 34.8 Å². The molecule has 1 aliphatic heterocycles. The number of aromatic carboxylic acids is 1. The lowest BCUT2D eigenvalue weighted by molar-refractivity contribution is 0.0697. The first-order chi connectivity index (χ1) is 8.46. The summed E-state index contributed by atoms with van der Waals surface area (Å²) in [6, 6.07) is 4.64. The summed E-state index contributed by atoms with van der Waals surface area (Å²) in [5, 5.41) is 8.90. The number of aromatic nitrogens is 2. The van der Waals surface area contributed by atoms with E-state index < -0.39 is 15.8 Å². The molecule has 0 saturated heterocycles. The Morgan fingerprint density at radius 2 is 2.17 bits per heavy atom. The Bertz CT molecular complexity index is 761. The summed E-state index contributed by atoms with van der Waals surface area (Å²) in [6.45, 7) is 0.376. The van der Waals surface area contributed by atoms with Gasteiger partial charge in [-0.2, -0.15) is 0 Å². The molecule has 2 aromatic rings. The fraction of sp³-hybridized carbons (Fsp3) is 0.273. The average Bonchev–Trinajstić information content (AvgIpc) is 2.62. The second-order valence-corrected chi connectivity index (χ2v) is 6.46. The van der Waals surface area contributed by atoms with Gasteiger partial charge < -0.3 is 9.67 Å². The van der Waals surface area contributed by atoms with E-state index in [0.29, 0.717) is 17.9 Å². The highest BCUT2D eigenvalue weighted by molar-refractivity contribution is 7.90. The van der Waals surface area contributed by atoms with Crippen LogP contribution in [0, 0.1) is 0 Å². The molecule has 1 N–H and O–H groups in total. The lowest BCUT2D eigenvalue weighted by atomic mass is 10.2. The molecular formula is C11H10N2O4S. The summed E-state index contributed by atoms with van der Waals surface area (Å²) >= 11 is 0. The van der Waals surface area contributed by atoms with Crippen LogP contribution in [0.25, 0.3) is 11.0 Å². The van der Waals surface area contributed by atoms with E-state index in [1.54, 1.807) is 6.07 Å². The number of sulfone groups is 1. The van der Waals surface area contributed by atoms with Crippen molar-refractivity contribution in [2.75, 3.05) is 5.75 Å². The monoisotopic (exact) mass is 266 g/mol. The minimum atomic E-state index is -3.07. The van der Waals surface area contributed by atoms with Crippen LogP contribution < -0.4 is 0 Å². The highest BCUT2D eigenvalue weighted by Crippen LogP contribution is 2.22. The molecule has 0 spiro atoms. The number of rotatable bonds is 1. The van der Waals surface area contributed by atoms with Gasteiger partial charge in [-0.15, -0.1) is 0 Å². The van der Waals surface area contributed by atoms with E-state index in [0.717, 1.165) is 5.52 Å². The molecule has 94 valence electrons. The van der Waals surface area contributed by atoms with Crippen molar-refractivity contribution in [1.82, 2.24) is 9.55 Å². The molecule has 0 unspecified atom stereocenters. The van der Waals surface area contributed by atoms with Crippen molar-refractivity contribution in [1.29, 1.82) is 0 Å². The summed E-state index contributed by atoms with van der Waals surface area (Å²) < 4.78 is 24.9. The highest BCUT2D eigenvalue weighted by atomic mass is 32.2. The van der Waals surface area contributed by atoms with E-state index in [-0.39, 0.29) is 17.1 Å². The van der Waals surface area contributed by atoms with Gasteiger partial charge in [0.05, 0.1) is 22.3 Å². The maximum Gasteiger partial charge on any atom is 0.335 e. The van der Waals surface area contributed by atoms with E-state index in [1.807, 2.05) is 4.57 Å². The van der Waals surface area contributed by atoms with E-state index in [9.17, 15) is 13.2 Å². The van der Waals surface area contributed by atoms with E-state index >= 15 is 0 Å². The smallest absolute Gasteiger partial charge is 0.335 e. The standard InChI is InChI=1S/C11H10N2O4S/c14-11(15)7-1-2-9-8(5-7)12-10-6-18(16,17)4-3-13(9)10/h1-2,5H,3-4,6H2,(H,14,15). The number of carboxylic acid groups (broad SMARTS) is 1. The molecule has 1 aromatic carbocycles. The Labute approximate surface area is 103 Å². The minimum Gasteiger partial charge on any atom is -0.478 e. The molecule has 3 rings (SSSR count). The van der Waals surface area contributed by atoms with Gasteiger partial charge in [0.2, 0.25) is 0 Å². The minimum absolute atomic E-state index is 0.0793. The predicted molar refractivity (Wildman–Crippen MR) is 64.2 cm³/mol. The van der Waals surface area contributed by atoms with Crippen molar-refractivity contribution in [3.05, 3.63) is 29.6 Å². The maximum atomic E-state index is 11.5. The topological polar surface area (TPSA) is 89.3 Å². The van der Waals surface area contributed by atoms with Crippen molar-refractivity contribution in [2.24, 2.45) is 0 Å². The van der Waals surface area contributed by atoms with Crippen LogP contribution in [0.1, 0.15) is 16.2 Å². The van der Waals surface area contributed by atoms with Crippen molar-refractivity contribution >= 4 is 26.8 Å². The maximum absolute atomic E-state index is 11.5. The van der Waals surface area contributed by atoms with E-state index in [4.69, 9.17) is 5.11 Å². The summed E-state index contributed by atoms with van der Waals surface area (Å²) in [5.41, 5.74) is 1.47. The number of aryl methyl sites for hydroxylation is 1. The summed E-state index contributed by atoms with van der Waals surface area (Å²) in [4.78, 5) is 15.1. The largest absolute Gasteiger partial charge is 0.478 e. The average molecular weight is 266 g/mol. The number of carboxylic acids is 1. The van der Waals surface area contributed by atoms with Crippen LogP contribution in [0.4, 0.5) is 0 Å². The van der Waals surface area contributed by atoms with Gasteiger partial charge in [0.1, 0.15) is 11.6 Å². The molecule has 1 aromatic heterocycles. The molecule has 0 fully saturated rings. The van der Waals surface area contributed by atoms with Gasteiger partial charge >= 0.3 is 5.97 Å². The van der Waals surface area contributed by atoms with Crippen molar-refractivity contribution in [2.45, 2.75) is 12.3 Å². The van der Waals surface area contributed by atoms with E-state index in [2.05, 4.69) is 4.98 Å². The van der Waals surface area contributed by atoms with Gasteiger partial charge in [0.25, 0.3) is 0 Å². The molecule has 18 heavy (non-hydrogen) atoms. The Morgan fingerprint density at radius 3 is 2.89 bits per heavy atom. The third-order valence-electron chi connectivity index (χ3n) is 3.05. The summed E-state index contributed by atoms with van der Waals surface area (Å²) in [7, 11) is -3.07. The van der Waals surface area contributed by atoms with E-state index in [1.165, 1.54) is 12.1 Å². The van der Waals surface area contributed by atoms with Gasteiger partial charge in [0, 0.05) is 6.54 Å². The molecular weight excluding hydrogens is 256 g/mol. The third-order valence-corrected chi connectivity index (χ3v) is 4.55. The zero-order valence-corrected chi connectivity index (χ0v) is 10.1. The molecule has 0 bridgehead atoms. The predicted octanol–water partition coefficient (Wildman–Crippen LogP) is 0.663. The summed E-state index contributed by atoms with van der Waals surface area (Å²) in [6.07, 6.45) is 0. The lowest BCUT2D eigenvalue weighted by Gasteiger charge is -2.14. The van der Waals surface area contributed by atoms with Crippen LogP contribution in [-0.2, 0) is 22.1 Å². The first-order valence-electron chi connectivity index (χ1n) is 5.39. The molecule has 0 saturated carbocycles. The lowest BCUT2D eigenvalue weighted by Crippen LogP contribution is -2.23. The summed E-state index contributed by atoms with van der Waals surface area (Å²) in [5.74, 6) is -0.509. The first-order valence-corrected chi connectivity index (χ1v) is 7.21. The number of hydrogen-bond acceptors (Lipinski definition) is 4. The molecule has 6 nitrogen and oxygen atoms in total. The number of nitrogens with zero attached hydrogens (tertiary/aromatic N) is 2. The Balaban J connectivity index is 2.21. The second-order valence-electron chi connectivity index (χ2n) is 4.28. The Morgan fingerprint density at radius 1 is 1.39 bits per heavy atom. The first kappa shape index (κ1) is 11.2. The molecule has 0 radical (unpaired) electrons. The van der Waals surface area contributed by atoms with Crippen LogP contribution in [0.3, 0.4) is 0 Å². The van der Waals surface area contributed by atoms with Crippen LogP contribution >= 0.6 is 0 Å². The van der Waals surface area contributed by atoms with Gasteiger partial charge in [0.15, 0.2) is 9.84 Å². The molecule has 0 amide bonds.